The Morgan fingerprint density at radius 3 is 2.43 bits per heavy atom. The number of hydrogen-bond acceptors (Lipinski definition) is 4. The third kappa shape index (κ3) is 4.90. The molecule has 0 bridgehead atoms. The molecule has 0 spiro atoms. The van der Waals surface area contributed by atoms with Crippen molar-refractivity contribution in [3.8, 4) is 0 Å². The zero-order valence-corrected chi connectivity index (χ0v) is 13.1. The number of nitrogens with one attached hydrogen (secondary N) is 1. The van der Waals surface area contributed by atoms with Gasteiger partial charge in [-0.05, 0) is 39.1 Å². The zero-order chi connectivity index (χ0) is 16.0. The predicted octanol–water partition coefficient (Wildman–Crippen LogP) is 1.96. The topological polar surface area (TPSA) is 82.8 Å². The highest BCUT2D eigenvalue weighted by molar-refractivity contribution is 5.91. The van der Waals surface area contributed by atoms with Crippen LogP contribution in [0.15, 0.2) is 16.5 Å². The maximum atomic E-state index is 11.9. The third-order valence-electron chi connectivity index (χ3n) is 3.43. The molecule has 1 amide bonds. The van der Waals surface area contributed by atoms with E-state index in [0.717, 1.165) is 18.8 Å². The molecule has 1 aromatic heterocycles. The Bertz CT molecular complexity index is 490. The number of nitrogens with zero attached hydrogens (tertiary/aromatic N) is 1. The molecule has 0 saturated heterocycles. The van der Waals surface area contributed by atoms with Crippen molar-refractivity contribution in [2.75, 3.05) is 19.6 Å². The van der Waals surface area contributed by atoms with Crippen LogP contribution in [-0.4, -0.2) is 41.5 Å². The monoisotopic (exact) mass is 296 g/mol. The van der Waals surface area contributed by atoms with Crippen molar-refractivity contribution in [3.05, 3.63) is 23.7 Å². The number of carboxylic acid groups (broad SMARTS) is 1. The van der Waals surface area contributed by atoms with Crippen molar-refractivity contribution in [1.82, 2.24) is 10.2 Å². The highest BCUT2D eigenvalue weighted by Crippen LogP contribution is 2.15. The SMILES string of the molecule is CCN(CC)Cc1ccc(C(=O)NCC(C)(C)C(=O)O)o1. The minimum atomic E-state index is -1.01. The van der Waals surface area contributed by atoms with Gasteiger partial charge in [0.25, 0.3) is 5.91 Å². The van der Waals surface area contributed by atoms with Crippen LogP contribution in [0.25, 0.3) is 0 Å². The lowest BCUT2D eigenvalue weighted by molar-refractivity contribution is -0.146. The van der Waals surface area contributed by atoms with Crippen LogP contribution in [-0.2, 0) is 11.3 Å². The second-order valence-electron chi connectivity index (χ2n) is 5.60. The summed E-state index contributed by atoms with van der Waals surface area (Å²) in [6.07, 6.45) is 0. The van der Waals surface area contributed by atoms with Gasteiger partial charge in [0.05, 0.1) is 12.0 Å². The highest BCUT2D eigenvalue weighted by atomic mass is 16.4. The van der Waals surface area contributed by atoms with Crippen LogP contribution in [0.5, 0.6) is 0 Å². The number of rotatable bonds is 8. The Kier molecular flexibility index (Phi) is 5.96. The molecule has 118 valence electrons. The van der Waals surface area contributed by atoms with Crippen LogP contribution in [0.2, 0.25) is 0 Å². The van der Waals surface area contributed by atoms with Crippen LogP contribution < -0.4 is 5.32 Å². The number of furan rings is 1. The van der Waals surface area contributed by atoms with Gasteiger partial charge in [0.15, 0.2) is 5.76 Å². The Morgan fingerprint density at radius 1 is 1.29 bits per heavy atom. The summed E-state index contributed by atoms with van der Waals surface area (Å²) in [5.74, 6) is -0.417. The van der Waals surface area contributed by atoms with Gasteiger partial charge in [0, 0.05) is 6.54 Å². The average Bonchev–Trinajstić information content (AvgIpc) is 2.90. The molecule has 2 N–H and O–H groups in total. The second-order valence-corrected chi connectivity index (χ2v) is 5.60. The van der Waals surface area contributed by atoms with Crippen LogP contribution in [0.1, 0.15) is 44.0 Å². The van der Waals surface area contributed by atoms with Gasteiger partial charge >= 0.3 is 5.97 Å². The lowest BCUT2D eigenvalue weighted by Gasteiger charge is -2.19. The Labute approximate surface area is 125 Å². The molecular weight excluding hydrogens is 272 g/mol. The molecule has 0 aliphatic heterocycles. The first-order valence-electron chi connectivity index (χ1n) is 7.12. The lowest BCUT2D eigenvalue weighted by Crippen LogP contribution is -2.38. The van der Waals surface area contributed by atoms with Gasteiger partial charge in [-0.3, -0.25) is 14.5 Å². The molecule has 0 aliphatic rings. The van der Waals surface area contributed by atoms with E-state index in [1.165, 1.54) is 0 Å². The summed E-state index contributed by atoms with van der Waals surface area (Å²) >= 11 is 0. The van der Waals surface area contributed by atoms with E-state index in [2.05, 4.69) is 24.1 Å². The van der Waals surface area contributed by atoms with Crippen molar-refractivity contribution in [3.63, 3.8) is 0 Å². The molecule has 1 aromatic rings. The molecule has 0 radical (unpaired) electrons. The number of aliphatic carboxylic acids is 1. The van der Waals surface area contributed by atoms with Gasteiger partial charge in [0.1, 0.15) is 5.76 Å². The number of carbonyl (C=O) groups is 2. The minimum Gasteiger partial charge on any atom is -0.481 e. The van der Waals surface area contributed by atoms with Crippen LogP contribution >= 0.6 is 0 Å². The fraction of sp³-hybridized carbons (Fsp3) is 0.600. The lowest BCUT2D eigenvalue weighted by atomic mass is 9.94. The van der Waals surface area contributed by atoms with E-state index in [1.54, 1.807) is 26.0 Å². The first-order chi connectivity index (χ1) is 9.80. The molecule has 6 nitrogen and oxygen atoms in total. The first-order valence-corrected chi connectivity index (χ1v) is 7.12. The second kappa shape index (κ2) is 7.26. The molecule has 0 atom stereocenters. The van der Waals surface area contributed by atoms with Crippen LogP contribution in [0, 0.1) is 5.41 Å². The van der Waals surface area contributed by atoms with E-state index in [9.17, 15) is 9.59 Å². The maximum absolute atomic E-state index is 11.9. The van der Waals surface area contributed by atoms with E-state index in [4.69, 9.17) is 9.52 Å². The van der Waals surface area contributed by atoms with Crippen molar-refractivity contribution < 1.29 is 19.1 Å². The molecular formula is C15H24N2O4. The van der Waals surface area contributed by atoms with Gasteiger partial charge < -0.3 is 14.8 Å². The largest absolute Gasteiger partial charge is 0.481 e. The Morgan fingerprint density at radius 2 is 1.90 bits per heavy atom. The standard InChI is InChI=1S/C15H24N2O4/c1-5-17(6-2)9-11-7-8-12(21-11)13(18)16-10-15(3,4)14(19)20/h7-8H,5-6,9-10H2,1-4H3,(H,16,18)(H,19,20). The highest BCUT2D eigenvalue weighted by Gasteiger charge is 2.28. The third-order valence-corrected chi connectivity index (χ3v) is 3.43. The normalized spacial score (nSPS) is 11.7. The van der Waals surface area contributed by atoms with E-state index < -0.39 is 17.3 Å². The summed E-state index contributed by atoms with van der Waals surface area (Å²) in [4.78, 5) is 25.1. The summed E-state index contributed by atoms with van der Waals surface area (Å²) in [7, 11) is 0. The molecule has 0 saturated carbocycles. The van der Waals surface area contributed by atoms with Crippen molar-refractivity contribution in [1.29, 1.82) is 0 Å². The van der Waals surface area contributed by atoms with E-state index in [-0.39, 0.29) is 12.3 Å². The molecule has 0 fully saturated rings. The van der Waals surface area contributed by atoms with Crippen molar-refractivity contribution in [2.24, 2.45) is 5.41 Å². The van der Waals surface area contributed by atoms with Gasteiger partial charge in [-0.25, -0.2) is 0 Å². The quantitative estimate of drug-likeness (QED) is 0.766. The Balaban J connectivity index is 2.60. The Hall–Kier alpha value is -1.82. The van der Waals surface area contributed by atoms with E-state index in [1.807, 2.05) is 0 Å². The molecule has 0 unspecified atom stereocenters. The van der Waals surface area contributed by atoms with Crippen molar-refractivity contribution >= 4 is 11.9 Å². The predicted molar refractivity (Wildman–Crippen MR) is 79.1 cm³/mol. The average molecular weight is 296 g/mol. The summed E-state index contributed by atoms with van der Waals surface area (Å²) in [5.41, 5.74) is -1.01. The van der Waals surface area contributed by atoms with Gasteiger partial charge in [-0.15, -0.1) is 0 Å². The summed E-state index contributed by atoms with van der Waals surface area (Å²) < 4.78 is 5.50. The molecule has 21 heavy (non-hydrogen) atoms. The van der Waals surface area contributed by atoms with Gasteiger partial charge in [-0.2, -0.15) is 0 Å². The molecule has 0 aliphatic carbocycles. The van der Waals surface area contributed by atoms with Crippen LogP contribution in [0.3, 0.4) is 0 Å². The first kappa shape index (κ1) is 17.2. The number of hydrogen-bond donors (Lipinski definition) is 2. The number of amides is 1. The summed E-state index contributed by atoms with van der Waals surface area (Å²) in [6.45, 7) is 9.76. The van der Waals surface area contributed by atoms with Gasteiger partial charge in [-0.1, -0.05) is 13.8 Å². The minimum absolute atomic E-state index is 0.0489. The number of carboxylic acids is 1. The van der Waals surface area contributed by atoms with E-state index >= 15 is 0 Å². The smallest absolute Gasteiger partial charge is 0.310 e. The fourth-order valence-corrected chi connectivity index (χ4v) is 1.72. The molecule has 1 rings (SSSR count). The molecule has 6 heteroatoms. The van der Waals surface area contributed by atoms with Crippen molar-refractivity contribution in [2.45, 2.75) is 34.2 Å². The zero-order valence-electron chi connectivity index (χ0n) is 13.1. The fourth-order valence-electron chi connectivity index (χ4n) is 1.72. The summed E-state index contributed by atoms with van der Waals surface area (Å²) in [5, 5.41) is 11.6. The molecule has 1 heterocycles. The van der Waals surface area contributed by atoms with Gasteiger partial charge in [0.2, 0.25) is 0 Å². The maximum Gasteiger partial charge on any atom is 0.310 e. The van der Waals surface area contributed by atoms with Crippen LogP contribution in [0.4, 0.5) is 0 Å². The number of carbonyl (C=O) groups excluding carboxylic acids is 1. The van der Waals surface area contributed by atoms with E-state index in [0.29, 0.717) is 6.54 Å². The molecule has 0 aromatic carbocycles. The summed E-state index contributed by atoms with van der Waals surface area (Å²) in [6, 6.07) is 3.39.